The molecule has 2 nitrogen and oxygen atoms in total. The van der Waals surface area contributed by atoms with Gasteiger partial charge in [-0.2, -0.15) is 0 Å². The van der Waals surface area contributed by atoms with Crippen LogP contribution in [-0.4, -0.2) is 10.2 Å². The Morgan fingerprint density at radius 2 is 0.900 bits per heavy atom. The van der Waals surface area contributed by atoms with Gasteiger partial charge in [0.15, 0.2) is 0 Å². The summed E-state index contributed by atoms with van der Waals surface area (Å²) in [6.07, 6.45) is 0. The van der Waals surface area contributed by atoms with Crippen molar-refractivity contribution in [3.8, 4) is 44.8 Å². The van der Waals surface area contributed by atoms with E-state index in [2.05, 4.69) is 184 Å². The number of rotatable bonds is 3. The molecule has 0 amide bonds. The summed E-state index contributed by atoms with van der Waals surface area (Å²) in [6.45, 7) is 4.76. The second-order valence-electron chi connectivity index (χ2n) is 14.2. The van der Waals surface area contributed by atoms with Crippen LogP contribution in [0, 0.1) is 0 Å². The first kappa shape index (κ1) is 28.9. The van der Waals surface area contributed by atoms with E-state index in [4.69, 9.17) is 10.2 Å². The van der Waals surface area contributed by atoms with Gasteiger partial charge in [0.25, 0.3) is 0 Å². The van der Waals surface area contributed by atoms with Crippen LogP contribution in [0.5, 0.6) is 0 Å². The van der Waals surface area contributed by atoms with E-state index in [1.165, 1.54) is 60.8 Å². The summed E-state index contributed by atoms with van der Waals surface area (Å²) >= 11 is 0. The summed E-state index contributed by atoms with van der Waals surface area (Å²) in [5, 5.41) is 11.8. The van der Waals surface area contributed by atoms with Crippen LogP contribution >= 0.6 is 0 Å². The first-order chi connectivity index (χ1) is 24.5. The highest BCUT2D eigenvalue weighted by atomic mass is 15.1. The third-order valence-corrected chi connectivity index (χ3v) is 11.3. The molecule has 0 aliphatic heterocycles. The molecule has 1 aromatic heterocycles. The third-order valence-electron chi connectivity index (χ3n) is 11.3. The predicted molar refractivity (Wildman–Crippen MR) is 205 cm³/mol. The molecule has 0 fully saturated rings. The normalized spacial score (nSPS) is 14.5. The van der Waals surface area contributed by atoms with Gasteiger partial charge in [0, 0.05) is 16.5 Å². The van der Waals surface area contributed by atoms with Crippen LogP contribution in [0.25, 0.3) is 55.5 Å². The standard InChI is InChI=1S/C48H34N2/c1-47(2)41-23-9-10-24-43(41)48(39-21-7-5-18-36(39)37-19-6-8-22-40(37)48)44-30-33(25-26-42(44)47)32-15-11-16-34(29-32)45-27-28-46(50-49-45)38-20-12-14-31-13-3-4-17-35(31)38/h3-30H,1-2H3. The lowest BCUT2D eigenvalue weighted by molar-refractivity contribution is 0.563. The first-order valence-corrected chi connectivity index (χ1v) is 17.4. The van der Waals surface area contributed by atoms with E-state index >= 15 is 0 Å². The van der Waals surface area contributed by atoms with Gasteiger partial charge in [-0.25, -0.2) is 0 Å². The maximum Gasteiger partial charge on any atom is 0.0936 e. The number of hydrogen-bond acceptors (Lipinski definition) is 2. The van der Waals surface area contributed by atoms with Crippen LogP contribution in [0.3, 0.4) is 0 Å². The zero-order chi connectivity index (χ0) is 33.5. The highest BCUT2D eigenvalue weighted by Gasteiger charge is 2.53. The molecule has 1 heterocycles. The van der Waals surface area contributed by atoms with Crippen LogP contribution in [-0.2, 0) is 10.8 Å². The Bertz CT molecular complexity index is 2580. The maximum atomic E-state index is 4.74. The summed E-state index contributed by atoms with van der Waals surface area (Å²) in [6, 6.07) is 62.0. The van der Waals surface area contributed by atoms with E-state index in [-0.39, 0.29) is 5.41 Å². The lowest BCUT2D eigenvalue weighted by Crippen LogP contribution is -2.40. The summed E-state index contributed by atoms with van der Waals surface area (Å²) < 4.78 is 0. The molecule has 2 heteroatoms. The van der Waals surface area contributed by atoms with Crippen molar-refractivity contribution in [2.24, 2.45) is 0 Å². The van der Waals surface area contributed by atoms with Gasteiger partial charge in [0.05, 0.1) is 16.8 Å². The van der Waals surface area contributed by atoms with Crippen molar-refractivity contribution in [1.29, 1.82) is 0 Å². The zero-order valence-electron chi connectivity index (χ0n) is 28.1. The number of nitrogens with zero attached hydrogens (tertiary/aromatic N) is 2. The molecule has 10 rings (SSSR count). The van der Waals surface area contributed by atoms with E-state index in [1.807, 2.05) is 0 Å². The molecule has 0 radical (unpaired) electrons. The minimum absolute atomic E-state index is 0.161. The minimum Gasteiger partial charge on any atom is -0.150 e. The first-order valence-electron chi connectivity index (χ1n) is 17.4. The molecule has 0 N–H and O–H groups in total. The molecule has 0 unspecified atom stereocenters. The molecule has 7 aromatic carbocycles. The minimum atomic E-state index is -0.412. The topological polar surface area (TPSA) is 25.8 Å². The quantitative estimate of drug-likeness (QED) is 0.192. The zero-order valence-corrected chi connectivity index (χ0v) is 28.1. The van der Waals surface area contributed by atoms with Gasteiger partial charge in [-0.05, 0) is 90.7 Å². The van der Waals surface area contributed by atoms with Crippen LogP contribution < -0.4 is 0 Å². The van der Waals surface area contributed by atoms with Crippen molar-refractivity contribution in [2.45, 2.75) is 24.7 Å². The SMILES string of the molecule is CC1(C)c2ccccc2C2(c3ccccc3-c3ccccc32)c2cc(-c3cccc(-c4ccc(-c5cccc6ccccc56)nn4)c3)ccc21. The largest absolute Gasteiger partial charge is 0.150 e. The second-order valence-corrected chi connectivity index (χ2v) is 14.2. The average Bonchev–Trinajstić information content (AvgIpc) is 3.48. The molecule has 50 heavy (non-hydrogen) atoms. The molecule has 2 aliphatic rings. The highest BCUT2D eigenvalue weighted by Crippen LogP contribution is 2.62. The second kappa shape index (κ2) is 10.7. The van der Waals surface area contributed by atoms with Crippen molar-refractivity contribution in [3.63, 3.8) is 0 Å². The molecule has 0 atom stereocenters. The lowest BCUT2D eigenvalue weighted by Gasteiger charge is -2.46. The Labute approximate surface area is 292 Å². The summed E-state index contributed by atoms with van der Waals surface area (Å²) in [7, 11) is 0. The summed E-state index contributed by atoms with van der Waals surface area (Å²) in [5.41, 5.74) is 16.5. The fraction of sp³-hybridized carbons (Fsp3) is 0.0833. The Kier molecular flexibility index (Phi) is 6.17. The van der Waals surface area contributed by atoms with Crippen LogP contribution in [0.4, 0.5) is 0 Å². The fourth-order valence-corrected chi connectivity index (χ4v) is 8.98. The van der Waals surface area contributed by atoms with Crippen molar-refractivity contribution >= 4 is 10.8 Å². The molecule has 236 valence electrons. The number of benzene rings is 7. The van der Waals surface area contributed by atoms with Gasteiger partial charge in [0.1, 0.15) is 0 Å². The van der Waals surface area contributed by atoms with Crippen molar-refractivity contribution in [3.05, 3.63) is 203 Å². The van der Waals surface area contributed by atoms with Gasteiger partial charge in [0.2, 0.25) is 0 Å². The van der Waals surface area contributed by atoms with Gasteiger partial charge in [-0.15, -0.1) is 10.2 Å². The number of hydrogen-bond donors (Lipinski definition) is 0. The molecule has 8 aromatic rings. The Hall–Kier alpha value is -6.12. The Morgan fingerprint density at radius 3 is 1.66 bits per heavy atom. The van der Waals surface area contributed by atoms with Gasteiger partial charge in [-0.1, -0.05) is 159 Å². The van der Waals surface area contributed by atoms with Gasteiger partial charge in [-0.3, -0.25) is 0 Å². The summed E-state index contributed by atoms with van der Waals surface area (Å²) in [4.78, 5) is 0. The van der Waals surface area contributed by atoms with E-state index in [1.54, 1.807) is 0 Å². The van der Waals surface area contributed by atoms with Gasteiger partial charge >= 0.3 is 0 Å². The third kappa shape index (κ3) is 3.96. The van der Waals surface area contributed by atoms with Gasteiger partial charge < -0.3 is 0 Å². The highest BCUT2D eigenvalue weighted by molar-refractivity contribution is 5.96. The monoisotopic (exact) mass is 638 g/mol. The fourth-order valence-electron chi connectivity index (χ4n) is 8.98. The molecule has 1 spiro atoms. The predicted octanol–water partition coefficient (Wildman–Crippen LogP) is 11.6. The van der Waals surface area contributed by atoms with Crippen molar-refractivity contribution in [1.82, 2.24) is 10.2 Å². The molecular weight excluding hydrogens is 605 g/mol. The van der Waals surface area contributed by atoms with Crippen LogP contribution in [0.2, 0.25) is 0 Å². The molecule has 0 saturated heterocycles. The maximum absolute atomic E-state index is 4.74. The lowest BCUT2D eigenvalue weighted by atomic mass is 9.55. The smallest absolute Gasteiger partial charge is 0.0936 e. The van der Waals surface area contributed by atoms with Crippen molar-refractivity contribution < 1.29 is 0 Å². The molecule has 0 bridgehead atoms. The Balaban J connectivity index is 1.13. The number of aromatic nitrogens is 2. The van der Waals surface area contributed by atoms with Crippen LogP contribution in [0.15, 0.2) is 170 Å². The van der Waals surface area contributed by atoms with E-state index < -0.39 is 5.41 Å². The molecular formula is C48H34N2. The molecule has 2 aliphatic carbocycles. The average molecular weight is 639 g/mol. The summed E-state index contributed by atoms with van der Waals surface area (Å²) in [5.74, 6) is 0. The van der Waals surface area contributed by atoms with Crippen molar-refractivity contribution in [2.75, 3.05) is 0 Å². The van der Waals surface area contributed by atoms with E-state index in [0.717, 1.165) is 28.1 Å². The number of fused-ring (bicyclic) bond motifs is 10. The van der Waals surface area contributed by atoms with E-state index in [0.29, 0.717) is 0 Å². The van der Waals surface area contributed by atoms with Crippen LogP contribution in [0.1, 0.15) is 47.2 Å². The Morgan fingerprint density at radius 1 is 0.360 bits per heavy atom. The molecule has 0 saturated carbocycles. The van der Waals surface area contributed by atoms with E-state index in [9.17, 15) is 0 Å².